The van der Waals surface area contributed by atoms with Gasteiger partial charge in [0.25, 0.3) is 0 Å². The third kappa shape index (κ3) is 6.02. The molecule has 0 saturated heterocycles. The van der Waals surface area contributed by atoms with Gasteiger partial charge in [-0.05, 0) is 77.1 Å². The summed E-state index contributed by atoms with van der Waals surface area (Å²) in [5.41, 5.74) is -1.65. The zero-order valence-corrected chi connectivity index (χ0v) is 19.9. The van der Waals surface area contributed by atoms with E-state index in [-0.39, 0.29) is 43.2 Å². The fourth-order valence-corrected chi connectivity index (χ4v) is 4.28. The van der Waals surface area contributed by atoms with Crippen molar-refractivity contribution in [1.82, 2.24) is 30.8 Å². The summed E-state index contributed by atoms with van der Waals surface area (Å²) in [4.78, 5) is 12.0. The molecule has 2 atom stereocenters. The molecular formula is C22H36F2N6O2. The number of carbonyl (C=O) groups is 1. The molecule has 8 nitrogen and oxygen atoms in total. The van der Waals surface area contributed by atoms with Crippen molar-refractivity contribution >= 4 is 6.09 Å². The van der Waals surface area contributed by atoms with Crippen LogP contribution in [0.3, 0.4) is 0 Å². The minimum absolute atomic E-state index is 0.122. The smallest absolute Gasteiger partial charge is 0.408 e. The molecule has 1 aromatic rings. The van der Waals surface area contributed by atoms with Crippen LogP contribution in [-0.2, 0) is 15.8 Å². The number of rotatable bonds is 5. The van der Waals surface area contributed by atoms with Crippen molar-refractivity contribution in [2.45, 2.75) is 102 Å². The van der Waals surface area contributed by atoms with E-state index in [0.29, 0.717) is 18.8 Å². The second-order valence-electron chi connectivity index (χ2n) is 11.0. The summed E-state index contributed by atoms with van der Waals surface area (Å²) >= 11 is 0. The first kappa shape index (κ1) is 24.5. The Hall–Kier alpha value is -2.10. The van der Waals surface area contributed by atoms with Crippen molar-refractivity contribution in [1.29, 1.82) is 0 Å². The highest BCUT2D eigenvalue weighted by molar-refractivity contribution is 5.68. The fourth-order valence-electron chi connectivity index (χ4n) is 4.28. The fraction of sp³-hybridized carbons (Fsp3) is 0.818. The number of nitrogens with one attached hydrogen (secondary N) is 2. The lowest BCUT2D eigenvalue weighted by Crippen LogP contribution is -2.51. The molecule has 2 aliphatic carbocycles. The zero-order chi connectivity index (χ0) is 23.8. The summed E-state index contributed by atoms with van der Waals surface area (Å²) in [6.45, 7) is 12.0. The Morgan fingerprint density at radius 3 is 2.41 bits per heavy atom. The van der Waals surface area contributed by atoms with Crippen LogP contribution in [0, 0.1) is 5.92 Å². The van der Waals surface area contributed by atoms with E-state index < -0.39 is 23.2 Å². The molecule has 10 heteroatoms. The summed E-state index contributed by atoms with van der Waals surface area (Å²) in [6, 6.07) is -0.122. The zero-order valence-electron chi connectivity index (χ0n) is 19.9. The Kier molecular flexibility index (Phi) is 6.66. The lowest BCUT2D eigenvalue weighted by molar-refractivity contribution is -0.0597. The summed E-state index contributed by atoms with van der Waals surface area (Å²) < 4.78 is 35.1. The molecule has 2 aliphatic rings. The maximum absolute atomic E-state index is 14.0. The number of hydrogen-bond acceptors (Lipinski definition) is 6. The van der Waals surface area contributed by atoms with Crippen LogP contribution in [-0.4, -0.2) is 50.4 Å². The van der Waals surface area contributed by atoms with E-state index in [1.807, 2.05) is 53.7 Å². The van der Waals surface area contributed by atoms with Crippen molar-refractivity contribution in [3.8, 4) is 0 Å². The van der Waals surface area contributed by atoms with Gasteiger partial charge >= 0.3 is 6.09 Å². The van der Waals surface area contributed by atoms with E-state index in [4.69, 9.17) is 4.74 Å². The van der Waals surface area contributed by atoms with Gasteiger partial charge in [-0.3, -0.25) is 0 Å². The van der Waals surface area contributed by atoms with Crippen molar-refractivity contribution in [2.75, 3.05) is 6.54 Å². The number of alkyl carbamates (subject to hydrolysis) is 1. The average molecular weight is 455 g/mol. The number of tetrazole rings is 1. The standard InChI is InChI=1S/C22H36F2N6O2/c1-19(2,3)30-17(27-28-29-30)21(9-11-22(23,24)12-10-21)25-14-15-7-8-16(13-15)26-18(31)32-20(4,5)6/h7-8,15-16,25H,9-14H2,1-6H3,(H,26,31)/t15-,16+/m0/s1. The van der Waals surface area contributed by atoms with Crippen LogP contribution in [0.25, 0.3) is 0 Å². The summed E-state index contributed by atoms with van der Waals surface area (Å²) in [5, 5.41) is 18.7. The van der Waals surface area contributed by atoms with Crippen LogP contribution >= 0.6 is 0 Å². The van der Waals surface area contributed by atoms with Crippen molar-refractivity contribution in [3.05, 3.63) is 18.0 Å². The first-order valence-electron chi connectivity index (χ1n) is 11.3. The van der Waals surface area contributed by atoms with Crippen LogP contribution in [0.4, 0.5) is 13.6 Å². The number of nitrogens with zero attached hydrogens (tertiary/aromatic N) is 4. The summed E-state index contributed by atoms with van der Waals surface area (Å²) in [7, 11) is 0. The third-order valence-corrected chi connectivity index (χ3v) is 5.95. The van der Waals surface area contributed by atoms with Crippen LogP contribution in [0.15, 0.2) is 12.2 Å². The number of amides is 1. The monoisotopic (exact) mass is 454 g/mol. The molecule has 2 N–H and O–H groups in total. The van der Waals surface area contributed by atoms with Gasteiger partial charge in [-0.1, -0.05) is 12.2 Å². The van der Waals surface area contributed by atoms with E-state index in [0.717, 1.165) is 0 Å². The molecule has 1 heterocycles. The third-order valence-electron chi connectivity index (χ3n) is 5.95. The second-order valence-corrected chi connectivity index (χ2v) is 11.0. The maximum Gasteiger partial charge on any atom is 0.408 e. The van der Waals surface area contributed by atoms with E-state index >= 15 is 0 Å². The Balaban J connectivity index is 1.67. The highest BCUT2D eigenvalue weighted by atomic mass is 19.3. The predicted molar refractivity (Wildman–Crippen MR) is 116 cm³/mol. The van der Waals surface area contributed by atoms with Crippen molar-refractivity contribution < 1.29 is 18.3 Å². The van der Waals surface area contributed by atoms with E-state index in [1.165, 1.54) is 0 Å². The molecule has 0 aliphatic heterocycles. The number of ether oxygens (including phenoxy) is 1. The molecule has 1 aromatic heterocycles. The molecule has 0 bridgehead atoms. The molecule has 1 fully saturated rings. The highest BCUT2D eigenvalue weighted by Gasteiger charge is 2.48. The van der Waals surface area contributed by atoms with Gasteiger partial charge in [0.05, 0.1) is 17.1 Å². The van der Waals surface area contributed by atoms with Gasteiger partial charge in [-0.2, -0.15) is 0 Å². The maximum atomic E-state index is 14.0. The molecule has 0 aromatic carbocycles. The van der Waals surface area contributed by atoms with Crippen molar-refractivity contribution in [3.63, 3.8) is 0 Å². The summed E-state index contributed by atoms with van der Waals surface area (Å²) in [5.74, 6) is -1.92. The first-order chi connectivity index (χ1) is 14.7. The second kappa shape index (κ2) is 8.68. The predicted octanol–water partition coefficient (Wildman–Crippen LogP) is 3.89. The quantitative estimate of drug-likeness (QED) is 0.656. The molecule has 0 spiro atoms. The Bertz CT molecular complexity index is 830. The molecule has 1 saturated carbocycles. The molecule has 180 valence electrons. The van der Waals surface area contributed by atoms with Gasteiger partial charge in [0.1, 0.15) is 5.60 Å². The lowest BCUT2D eigenvalue weighted by Gasteiger charge is -2.41. The van der Waals surface area contributed by atoms with Crippen LogP contribution < -0.4 is 10.6 Å². The van der Waals surface area contributed by atoms with Gasteiger partial charge in [0.2, 0.25) is 5.92 Å². The normalized spacial score (nSPS) is 25.0. The van der Waals surface area contributed by atoms with Gasteiger partial charge < -0.3 is 15.4 Å². The van der Waals surface area contributed by atoms with Crippen LogP contribution in [0.1, 0.15) is 79.5 Å². The van der Waals surface area contributed by atoms with E-state index in [2.05, 4.69) is 26.2 Å². The number of hydrogen-bond donors (Lipinski definition) is 2. The molecule has 32 heavy (non-hydrogen) atoms. The molecule has 0 radical (unpaired) electrons. The number of carbonyl (C=O) groups excluding carboxylic acids is 1. The highest BCUT2D eigenvalue weighted by Crippen LogP contribution is 2.44. The molecular weight excluding hydrogens is 418 g/mol. The van der Waals surface area contributed by atoms with Gasteiger partial charge in [-0.25, -0.2) is 18.3 Å². The Morgan fingerprint density at radius 1 is 1.16 bits per heavy atom. The van der Waals surface area contributed by atoms with Gasteiger partial charge in [0.15, 0.2) is 5.82 Å². The molecule has 1 amide bonds. The summed E-state index contributed by atoms with van der Waals surface area (Å²) in [6.07, 6.45) is 4.36. The first-order valence-corrected chi connectivity index (χ1v) is 11.3. The van der Waals surface area contributed by atoms with Gasteiger partial charge in [-0.15, -0.1) is 5.10 Å². The largest absolute Gasteiger partial charge is 0.444 e. The Labute approximate surface area is 188 Å². The lowest BCUT2D eigenvalue weighted by atomic mass is 9.78. The minimum Gasteiger partial charge on any atom is -0.444 e. The van der Waals surface area contributed by atoms with Crippen molar-refractivity contribution in [2.24, 2.45) is 5.92 Å². The SMILES string of the molecule is CC(C)(C)OC(=O)N[C@@H]1C=C[C@H](CNC2(c3nnnn3C(C)(C)C)CCC(F)(F)CC2)C1. The van der Waals surface area contributed by atoms with E-state index in [9.17, 15) is 13.6 Å². The van der Waals surface area contributed by atoms with Crippen LogP contribution in [0.2, 0.25) is 0 Å². The molecule has 3 rings (SSSR count). The number of alkyl halides is 2. The van der Waals surface area contributed by atoms with Gasteiger partial charge in [0, 0.05) is 19.4 Å². The number of aromatic nitrogens is 4. The topological polar surface area (TPSA) is 94.0 Å². The van der Waals surface area contributed by atoms with E-state index in [1.54, 1.807) is 4.68 Å². The Morgan fingerprint density at radius 2 is 1.81 bits per heavy atom. The minimum atomic E-state index is -2.67. The molecule has 0 unspecified atom stereocenters. The number of halogens is 2. The average Bonchev–Trinajstić information content (AvgIpc) is 3.29. The van der Waals surface area contributed by atoms with Crippen LogP contribution in [0.5, 0.6) is 0 Å².